The Hall–Kier alpha value is -1.05. The molecule has 0 N–H and O–H groups in total. The Bertz CT molecular complexity index is 253. The maximum atomic E-state index is 11.5. The zero-order valence-electron chi connectivity index (χ0n) is 8.30. The van der Waals surface area contributed by atoms with Crippen LogP contribution in [0.1, 0.15) is 26.7 Å². The summed E-state index contributed by atoms with van der Waals surface area (Å²) >= 11 is 0. The third-order valence-electron chi connectivity index (χ3n) is 2.44. The van der Waals surface area contributed by atoms with Crippen LogP contribution < -0.4 is 0 Å². The van der Waals surface area contributed by atoms with Gasteiger partial charge in [0.25, 0.3) is 0 Å². The van der Waals surface area contributed by atoms with Gasteiger partial charge in [-0.2, -0.15) is 0 Å². The summed E-state index contributed by atoms with van der Waals surface area (Å²) in [5.41, 5.74) is 0.801. The van der Waals surface area contributed by atoms with Crippen molar-refractivity contribution in [2.75, 3.05) is 6.61 Å². The molecule has 1 unspecified atom stereocenters. The molecule has 0 aromatic rings. The predicted octanol–water partition coefficient (Wildman–Crippen LogP) is 2.46. The first kappa shape index (κ1) is 10.0. The molecule has 0 saturated heterocycles. The molecule has 0 radical (unpaired) electrons. The lowest BCUT2D eigenvalue weighted by Crippen LogP contribution is -2.27. The molecule has 0 heterocycles. The third-order valence-corrected chi connectivity index (χ3v) is 2.44. The lowest BCUT2D eigenvalue weighted by atomic mass is 9.87. The van der Waals surface area contributed by atoms with Crippen LogP contribution in [-0.4, -0.2) is 12.6 Å². The van der Waals surface area contributed by atoms with Gasteiger partial charge >= 0.3 is 5.97 Å². The van der Waals surface area contributed by atoms with Crippen molar-refractivity contribution in [3.63, 3.8) is 0 Å². The van der Waals surface area contributed by atoms with E-state index in [4.69, 9.17) is 4.74 Å². The summed E-state index contributed by atoms with van der Waals surface area (Å²) < 4.78 is 5.02. The highest BCUT2D eigenvalue weighted by molar-refractivity contribution is 5.78. The molecule has 0 saturated carbocycles. The Morgan fingerprint density at radius 1 is 1.85 bits per heavy atom. The lowest BCUT2D eigenvalue weighted by molar-refractivity contribution is -0.153. The van der Waals surface area contributed by atoms with Gasteiger partial charge in [-0.25, -0.2) is 0 Å². The summed E-state index contributed by atoms with van der Waals surface area (Å²) in [7, 11) is 0. The fourth-order valence-electron chi connectivity index (χ4n) is 1.57. The second-order valence-corrected chi connectivity index (χ2v) is 3.65. The number of ether oxygens (including phenoxy) is 1. The van der Waals surface area contributed by atoms with Crippen LogP contribution in [0.25, 0.3) is 0 Å². The molecule has 1 aliphatic rings. The van der Waals surface area contributed by atoms with E-state index in [1.54, 1.807) is 0 Å². The average Bonchev–Trinajstić information content (AvgIpc) is 2.49. The van der Waals surface area contributed by atoms with Crippen molar-refractivity contribution in [2.45, 2.75) is 26.7 Å². The Balaban J connectivity index is 2.61. The molecule has 72 valence electrons. The fraction of sp³-hybridized carbons (Fsp3) is 0.545. The average molecular weight is 180 g/mol. The van der Waals surface area contributed by atoms with Gasteiger partial charge in [0.2, 0.25) is 0 Å². The van der Waals surface area contributed by atoms with Gasteiger partial charge in [-0.05, 0) is 26.7 Å². The fourth-order valence-corrected chi connectivity index (χ4v) is 1.57. The second-order valence-electron chi connectivity index (χ2n) is 3.65. The first-order valence-electron chi connectivity index (χ1n) is 4.61. The smallest absolute Gasteiger partial charge is 0.312 e. The van der Waals surface area contributed by atoms with Crippen molar-refractivity contribution >= 4 is 5.97 Å². The van der Waals surface area contributed by atoms with Crippen molar-refractivity contribution in [1.82, 2.24) is 0 Å². The van der Waals surface area contributed by atoms with Crippen LogP contribution in [0.15, 0.2) is 24.3 Å². The van der Waals surface area contributed by atoms with E-state index in [9.17, 15) is 4.79 Å². The normalized spacial score (nSPS) is 26.8. The first-order valence-corrected chi connectivity index (χ1v) is 4.61. The highest BCUT2D eigenvalue weighted by atomic mass is 16.5. The number of esters is 1. The number of hydrogen-bond donors (Lipinski definition) is 0. The molecule has 0 bridgehead atoms. The maximum absolute atomic E-state index is 11.5. The third kappa shape index (κ3) is 2.00. The maximum Gasteiger partial charge on any atom is 0.312 e. The van der Waals surface area contributed by atoms with Crippen molar-refractivity contribution in [1.29, 1.82) is 0 Å². The first-order chi connectivity index (χ1) is 6.12. The van der Waals surface area contributed by atoms with Crippen molar-refractivity contribution in [3.05, 3.63) is 24.3 Å². The van der Waals surface area contributed by atoms with Gasteiger partial charge in [0.1, 0.15) is 0 Å². The monoisotopic (exact) mass is 180 g/mol. The molecule has 1 rings (SSSR count). The molecule has 0 spiro atoms. The summed E-state index contributed by atoms with van der Waals surface area (Å²) in [5, 5.41) is 0. The molecule has 1 atom stereocenters. The second kappa shape index (κ2) is 3.77. The molecule has 0 aromatic carbocycles. The quantitative estimate of drug-likeness (QED) is 0.624. The van der Waals surface area contributed by atoms with Crippen LogP contribution in [0.4, 0.5) is 0 Å². The molecular formula is C11H16O2. The molecule has 2 heteroatoms. The Labute approximate surface area is 79.3 Å². The summed E-state index contributed by atoms with van der Waals surface area (Å²) in [4.78, 5) is 11.5. The number of carbonyl (C=O) groups is 1. The molecule has 2 nitrogen and oxygen atoms in total. The van der Waals surface area contributed by atoms with E-state index in [1.165, 1.54) is 0 Å². The molecule has 1 aliphatic carbocycles. The lowest BCUT2D eigenvalue weighted by Gasteiger charge is -2.21. The summed E-state index contributed by atoms with van der Waals surface area (Å²) in [5.74, 6) is -0.0944. The predicted molar refractivity (Wildman–Crippen MR) is 52.3 cm³/mol. The number of rotatable bonds is 3. The van der Waals surface area contributed by atoms with Crippen molar-refractivity contribution in [2.24, 2.45) is 5.41 Å². The van der Waals surface area contributed by atoms with Gasteiger partial charge in [0, 0.05) is 0 Å². The van der Waals surface area contributed by atoms with Gasteiger partial charge in [-0.1, -0.05) is 24.3 Å². The minimum absolute atomic E-state index is 0.0944. The molecule has 0 amide bonds. The number of hydrogen-bond acceptors (Lipinski definition) is 2. The zero-order valence-corrected chi connectivity index (χ0v) is 8.30. The minimum Gasteiger partial charge on any atom is -0.466 e. The van der Waals surface area contributed by atoms with E-state index in [-0.39, 0.29) is 11.4 Å². The Morgan fingerprint density at radius 2 is 2.54 bits per heavy atom. The highest BCUT2D eigenvalue weighted by Gasteiger charge is 2.37. The van der Waals surface area contributed by atoms with Crippen LogP contribution >= 0.6 is 0 Å². The standard InChI is InChI=1S/C11H16O2/c1-4-9-6-7-11(3,8-9)10(12)13-5-2/h4,6H,1,5,7-8H2,2-3H3. The van der Waals surface area contributed by atoms with Gasteiger partial charge in [0.15, 0.2) is 0 Å². The highest BCUT2D eigenvalue weighted by Crippen LogP contribution is 2.38. The number of allylic oxidation sites excluding steroid dienone is 3. The van der Waals surface area contributed by atoms with Gasteiger partial charge in [-0.3, -0.25) is 4.79 Å². The van der Waals surface area contributed by atoms with Crippen LogP contribution in [0.5, 0.6) is 0 Å². The summed E-state index contributed by atoms with van der Waals surface area (Å²) in [6.07, 6.45) is 5.40. The van der Waals surface area contributed by atoms with Crippen molar-refractivity contribution < 1.29 is 9.53 Å². The van der Waals surface area contributed by atoms with E-state index in [2.05, 4.69) is 12.7 Å². The van der Waals surface area contributed by atoms with E-state index >= 15 is 0 Å². The topological polar surface area (TPSA) is 26.3 Å². The zero-order chi connectivity index (χ0) is 9.90. The summed E-state index contributed by atoms with van der Waals surface area (Å²) in [6, 6.07) is 0. The van der Waals surface area contributed by atoms with Crippen LogP contribution in [0, 0.1) is 5.41 Å². The van der Waals surface area contributed by atoms with Gasteiger partial charge < -0.3 is 4.74 Å². The van der Waals surface area contributed by atoms with Crippen LogP contribution in [0.2, 0.25) is 0 Å². The molecule has 0 fully saturated rings. The Morgan fingerprint density at radius 3 is 3.00 bits per heavy atom. The van der Waals surface area contributed by atoms with Gasteiger partial charge in [0.05, 0.1) is 12.0 Å². The van der Waals surface area contributed by atoms with E-state index in [1.807, 2.05) is 19.9 Å². The Kier molecular flexibility index (Phi) is 2.91. The van der Waals surface area contributed by atoms with E-state index < -0.39 is 0 Å². The SMILES string of the molecule is C=CC1=CCC(C)(C(=O)OCC)C1. The minimum atomic E-state index is -0.348. The summed E-state index contributed by atoms with van der Waals surface area (Å²) in [6.45, 7) is 7.92. The van der Waals surface area contributed by atoms with E-state index in [0.717, 1.165) is 18.4 Å². The van der Waals surface area contributed by atoms with Crippen molar-refractivity contribution in [3.8, 4) is 0 Å². The molecular weight excluding hydrogens is 164 g/mol. The number of carbonyl (C=O) groups excluding carboxylic acids is 1. The largest absolute Gasteiger partial charge is 0.466 e. The molecule has 0 aromatic heterocycles. The molecule has 13 heavy (non-hydrogen) atoms. The molecule has 0 aliphatic heterocycles. The van der Waals surface area contributed by atoms with Crippen LogP contribution in [0.3, 0.4) is 0 Å². The van der Waals surface area contributed by atoms with Gasteiger partial charge in [-0.15, -0.1) is 0 Å². The van der Waals surface area contributed by atoms with E-state index in [0.29, 0.717) is 6.61 Å². The van der Waals surface area contributed by atoms with Crippen LogP contribution in [-0.2, 0) is 9.53 Å².